The van der Waals surface area contributed by atoms with E-state index < -0.39 is 11.6 Å². The summed E-state index contributed by atoms with van der Waals surface area (Å²) in [5, 5.41) is 0. The van der Waals surface area contributed by atoms with Gasteiger partial charge in [0, 0.05) is 6.07 Å². The molecular formula is C11H13F2N. The smallest absolute Gasteiger partial charge is 0.129 e. The average Bonchev–Trinajstić information content (AvgIpc) is 2.49. The Morgan fingerprint density at radius 1 is 1.36 bits per heavy atom. The molecule has 1 atom stereocenters. The van der Waals surface area contributed by atoms with Gasteiger partial charge in [0.1, 0.15) is 11.6 Å². The van der Waals surface area contributed by atoms with Gasteiger partial charge in [-0.3, -0.25) is 0 Å². The summed E-state index contributed by atoms with van der Waals surface area (Å²) in [7, 11) is 0. The number of hydrogen-bond acceptors (Lipinski definition) is 1. The molecule has 0 spiro atoms. The van der Waals surface area contributed by atoms with Crippen molar-refractivity contribution in [3.8, 4) is 0 Å². The van der Waals surface area contributed by atoms with Gasteiger partial charge in [-0.1, -0.05) is 0 Å². The zero-order chi connectivity index (χ0) is 10.1. The molecule has 3 heteroatoms. The molecular weight excluding hydrogens is 184 g/mol. The molecule has 2 N–H and O–H groups in total. The van der Waals surface area contributed by atoms with Gasteiger partial charge in [-0.15, -0.1) is 0 Å². The third kappa shape index (κ3) is 1.52. The Morgan fingerprint density at radius 3 is 2.86 bits per heavy atom. The molecule has 0 amide bonds. The molecule has 1 aliphatic rings. The number of nitrogens with two attached hydrogens (primary N) is 1. The molecule has 0 radical (unpaired) electrons. The van der Waals surface area contributed by atoms with E-state index in [0.29, 0.717) is 18.5 Å². The van der Waals surface area contributed by atoms with Crippen LogP contribution in [0.5, 0.6) is 0 Å². The first-order valence-corrected chi connectivity index (χ1v) is 4.90. The lowest BCUT2D eigenvalue weighted by Gasteiger charge is -2.09. The van der Waals surface area contributed by atoms with Crippen LogP contribution in [0.15, 0.2) is 12.1 Å². The van der Waals surface area contributed by atoms with E-state index in [9.17, 15) is 8.78 Å². The lowest BCUT2D eigenvalue weighted by molar-refractivity contribution is 0.572. The summed E-state index contributed by atoms with van der Waals surface area (Å²) in [6, 6.07) is 2.41. The average molecular weight is 197 g/mol. The van der Waals surface area contributed by atoms with Crippen molar-refractivity contribution in [1.82, 2.24) is 0 Å². The number of halogens is 2. The Hall–Kier alpha value is -0.960. The van der Waals surface area contributed by atoms with E-state index in [1.807, 2.05) is 0 Å². The SMILES string of the molecule is NCCC1CCc2c(F)cc(F)cc21. The van der Waals surface area contributed by atoms with E-state index in [2.05, 4.69) is 0 Å². The van der Waals surface area contributed by atoms with Crippen molar-refractivity contribution in [2.24, 2.45) is 5.73 Å². The molecule has 1 aliphatic carbocycles. The van der Waals surface area contributed by atoms with Crippen molar-refractivity contribution in [2.45, 2.75) is 25.2 Å². The van der Waals surface area contributed by atoms with Crippen LogP contribution in [0.3, 0.4) is 0 Å². The quantitative estimate of drug-likeness (QED) is 0.773. The molecule has 1 aromatic rings. The molecule has 0 aliphatic heterocycles. The maximum atomic E-state index is 13.3. The lowest BCUT2D eigenvalue weighted by Crippen LogP contribution is -2.05. The zero-order valence-corrected chi connectivity index (χ0v) is 7.89. The Labute approximate surface area is 81.9 Å². The number of benzene rings is 1. The Morgan fingerprint density at radius 2 is 2.14 bits per heavy atom. The second-order valence-electron chi connectivity index (χ2n) is 3.77. The van der Waals surface area contributed by atoms with E-state index in [1.54, 1.807) is 0 Å². The van der Waals surface area contributed by atoms with Gasteiger partial charge in [0.2, 0.25) is 0 Å². The third-order valence-corrected chi connectivity index (χ3v) is 2.89. The minimum Gasteiger partial charge on any atom is -0.330 e. The van der Waals surface area contributed by atoms with Crippen LogP contribution in [0.4, 0.5) is 8.78 Å². The largest absolute Gasteiger partial charge is 0.330 e. The number of rotatable bonds is 2. The van der Waals surface area contributed by atoms with E-state index in [4.69, 9.17) is 5.73 Å². The van der Waals surface area contributed by atoms with Crippen LogP contribution in [-0.4, -0.2) is 6.54 Å². The van der Waals surface area contributed by atoms with Crippen molar-refractivity contribution in [1.29, 1.82) is 0 Å². The molecule has 1 unspecified atom stereocenters. The second kappa shape index (κ2) is 3.65. The monoisotopic (exact) mass is 197 g/mol. The Balaban J connectivity index is 2.38. The number of hydrogen-bond donors (Lipinski definition) is 1. The second-order valence-corrected chi connectivity index (χ2v) is 3.77. The molecule has 0 heterocycles. The highest BCUT2D eigenvalue weighted by molar-refractivity contribution is 5.36. The first-order valence-electron chi connectivity index (χ1n) is 4.90. The molecule has 0 saturated carbocycles. The van der Waals surface area contributed by atoms with Gasteiger partial charge in [-0.05, 0) is 48.9 Å². The molecule has 0 bridgehead atoms. The normalized spacial score (nSPS) is 19.8. The number of fused-ring (bicyclic) bond motifs is 1. The predicted molar refractivity (Wildman–Crippen MR) is 51.1 cm³/mol. The van der Waals surface area contributed by atoms with Crippen molar-refractivity contribution < 1.29 is 8.78 Å². The fourth-order valence-corrected chi connectivity index (χ4v) is 2.23. The van der Waals surface area contributed by atoms with Crippen LogP contribution < -0.4 is 5.73 Å². The van der Waals surface area contributed by atoms with Crippen molar-refractivity contribution >= 4 is 0 Å². The van der Waals surface area contributed by atoms with Gasteiger partial charge in [0.05, 0.1) is 0 Å². The van der Waals surface area contributed by atoms with E-state index in [1.165, 1.54) is 6.07 Å². The molecule has 14 heavy (non-hydrogen) atoms. The van der Waals surface area contributed by atoms with Crippen LogP contribution >= 0.6 is 0 Å². The lowest BCUT2D eigenvalue weighted by atomic mass is 9.98. The Bertz CT molecular complexity index is 349. The highest BCUT2D eigenvalue weighted by atomic mass is 19.1. The molecule has 0 saturated heterocycles. The van der Waals surface area contributed by atoms with Crippen LogP contribution in [0, 0.1) is 11.6 Å². The van der Waals surface area contributed by atoms with E-state index in [0.717, 1.165) is 24.5 Å². The van der Waals surface area contributed by atoms with Gasteiger partial charge in [-0.25, -0.2) is 8.78 Å². The van der Waals surface area contributed by atoms with Gasteiger partial charge >= 0.3 is 0 Å². The summed E-state index contributed by atoms with van der Waals surface area (Å²) in [4.78, 5) is 0. The predicted octanol–water partition coefficient (Wildman–Crippen LogP) is 2.34. The summed E-state index contributed by atoms with van der Waals surface area (Å²) < 4.78 is 26.3. The maximum absolute atomic E-state index is 13.3. The van der Waals surface area contributed by atoms with Gasteiger partial charge in [-0.2, -0.15) is 0 Å². The minimum absolute atomic E-state index is 0.250. The van der Waals surface area contributed by atoms with Crippen molar-refractivity contribution in [3.63, 3.8) is 0 Å². The van der Waals surface area contributed by atoms with E-state index in [-0.39, 0.29) is 5.92 Å². The minimum atomic E-state index is -0.481. The highest BCUT2D eigenvalue weighted by Crippen LogP contribution is 2.36. The zero-order valence-electron chi connectivity index (χ0n) is 7.89. The summed E-state index contributed by atoms with van der Waals surface area (Å²) in [5.74, 6) is -0.634. The summed E-state index contributed by atoms with van der Waals surface area (Å²) in [5.41, 5.74) is 6.97. The fraction of sp³-hybridized carbons (Fsp3) is 0.455. The summed E-state index contributed by atoms with van der Waals surface area (Å²) in [6.45, 7) is 0.572. The standard InChI is InChI=1S/C11H13F2N/c12-8-5-10-7(3-4-14)1-2-9(10)11(13)6-8/h5-7H,1-4,14H2. The molecule has 2 rings (SSSR count). The van der Waals surface area contributed by atoms with Crippen LogP contribution in [0.1, 0.15) is 29.9 Å². The molecule has 76 valence electrons. The van der Waals surface area contributed by atoms with Gasteiger partial charge < -0.3 is 5.73 Å². The highest BCUT2D eigenvalue weighted by Gasteiger charge is 2.25. The summed E-state index contributed by atoms with van der Waals surface area (Å²) >= 11 is 0. The maximum Gasteiger partial charge on any atom is 0.129 e. The fourth-order valence-electron chi connectivity index (χ4n) is 2.23. The molecule has 0 fully saturated rings. The molecule has 1 aromatic carbocycles. The van der Waals surface area contributed by atoms with Crippen molar-refractivity contribution in [3.05, 3.63) is 34.9 Å². The first-order chi connectivity index (χ1) is 6.72. The van der Waals surface area contributed by atoms with Gasteiger partial charge in [0.15, 0.2) is 0 Å². The van der Waals surface area contributed by atoms with Crippen LogP contribution in [0.2, 0.25) is 0 Å². The van der Waals surface area contributed by atoms with E-state index >= 15 is 0 Å². The van der Waals surface area contributed by atoms with Gasteiger partial charge in [0.25, 0.3) is 0 Å². The van der Waals surface area contributed by atoms with Crippen molar-refractivity contribution in [2.75, 3.05) is 6.54 Å². The van der Waals surface area contributed by atoms with Crippen LogP contribution in [0.25, 0.3) is 0 Å². The topological polar surface area (TPSA) is 26.0 Å². The Kier molecular flexibility index (Phi) is 2.50. The third-order valence-electron chi connectivity index (χ3n) is 2.89. The molecule has 0 aromatic heterocycles. The summed E-state index contributed by atoms with van der Waals surface area (Å²) in [6.07, 6.45) is 2.43. The first kappa shape index (κ1) is 9.59. The molecule has 1 nitrogen and oxygen atoms in total. The van der Waals surface area contributed by atoms with Crippen LogP contribution in [-0.2, 0) is 6.42 Å².